The largest absolute Gasteiger partial charge is 0.477 e. The zero-order valence-electron chi connectivity index (χ0n) is 11.0. The molecule has 2 rings (SSSR count). The van der Waals surface area contributed by atoms with E-state index in [1.54, 1.807) is 6.07 Å². The number of nitro groups is 1. The monoisotopic (exact) mass is 251 g/mol. The Bertz CT molecular complexity index is 496. The first kappa shape index (κ1) is 12.8. The number of ether oxygens (including phenoxy) is 2. The van der Waals surface area contributed by atoms with E-state index in [-0.39, 0.29) is 11.8 Å². The van der Waals surface area contributed by atoms with Crippen molar-refractivity contribution < 1.29 is 14.4 Å². The van der Waals surface area contributed by atoms with Gasteiger partial charge in [-0.2, -0.15) is 0 Å². The minimum atomic E-state index is -0.588. The van der Waals surface area contributed by atoms with Crippen LogP contribution in [0, 0.1) is 17.0 Å². The van der Waals surface area contributed by atoms with Crippen molar-refractivity contribution in [2.24, 2.45) is 0 Å². The van der Waals surface area contributed by atoms with E-state index in [2.05, 4.69) is 0 Å². The summed E-state index contributed by atoms with van der Waals surface area (Å²) in [5.74, 6) is 0.350. The normalized spacial score (nSPS) is 20.3. The summed E-state index contributed by atoms with van der Waals surface area (Å²) in [6.07, 6.45) is -0.266. The van der Waals surface area contributed by atoms with Crippen molar-refractivity contribution in [3.63, 3.8) is 0 Å². The molecule has 1 aromatic carbocycles. The van der Waals surface area contributed by atoms with E-state index in [9.17, 15) is 10.1 Å². The van der Waals surface area contributed by atoms with E-state index >= 15 is 0 Å². The lowest BCUT2D eigenvalue weighted by Crippen LogP contribution is -2.32. The molecule has 0 fully saturated rings. The maximum absolute atomic E-state index is 11.0. The van der Waals surface area contributed by atoms with Gasteiger partial charge in [0.2, 0.25) is 5.75 Å². The predicted octanol–water partition coefficient (Wildman–Crippen LogP) is 3.15. The molecule has 98 valence electrons. The summed E-state index contributed by atoms with van der Waals surface area (Å²) in [4.78, 5) is 10.6. The molecule has 1 heterocycles. The standard InChI is InChI=1S/C13H17NO4/c1-5-17-12-10-8(2)6-7-9(14(15)16)11(10)18-13(12,3)4/h6-7,12H,5H2,1-4H3/t12-/m1/s1. The van der Waals surface area contributed by atoms with E-state index in [1.807, 2.05) is 27.7 Å². The van der Waals surface area contributed by atoms with Crippen molar-refractivity contribution in [3.05, 3.63) is 33.4 Å². The number of hydrogen-bond donors (Lipinski definition) is 0. The lowest BCUT2D eigenvalue weighted by atomic mass is 9.94. The van der Waals surface area contributed by atoms with Crippen LogP contribution in [0.25, 0.3) is 0 Å². The summed E-state index contributed by atoms with van der Waals surface area (Å²) in [7, 11) is 0. The number of fused-ring (bicyclic) bond motifs is 1. The van der Waals surface area contributed by atoms with Crippen LogP contribution in [-0.2, 0) is 4.74 Å². The number of benzene rings is 1. The van der Waals surface area contributed by atoms with Crippen LogP contribution >= 0.6 is 0 Å². The number of aryl methyl sites for hydroxylation is 1. The maximum atomic E-state index is 11.0. The second-order valence-corrected chi connectivity index (χ2v) is 4.94. The highest BCUT2D eigenvalue weighted by molar-refractivity contribution is 5.59. The average molecular weight is 251 g/mol. The van der Waals surface area contributed by atoms with Crippen molar-refractivity contribution in [2.75, 3.05) is 6.61 Å². The molecule has 1 atom stereocenters. The molecule has 0 aliphatic carbocycles. The Morgan fingerprint density at radius 2 is 2.17 bits per heavy atom. The first-order chi connectivity index (χ1) is 8.38. The van der Waals surface area contributed by atoms with E-state index < -0.39 is 10.5 Å². The van der Waals surface area contributed by atoms with Gasteiger partial charge in [-0.05, 0) is 33.3 Å². The summed E-state index contributed by atoms with van der Waals surface area (Å²) in [6, 6.07) is 3.23. The molecule has 0 amide bonds. The van der Waals surface area contributed by atoms with Crippen molar-refractivity contribution >= 4 is 5.69 Å². The predicted molar refractivity (Wildman–Crippen MR) is 66.9 cm³/mol. The van der Waals surface area contributed by atoms with Gasteiger partial charge >= 0.3 is 5.69 Å². The second kappa shape index (κ2) is 4.24. The highest BCUT2D eigenvalue weighted by atomic mass is 16.6. The molecule has 1 aliphatic heterocycles. The van der Waals surface area contributed by atoms with E-state index in [4.69, 9.17) is 9.47 Å². The van der Waals surface area contributed by atoms with E-state index in [0.717, 1.165) is 11.1 Å². The summed E-state index contributed by atoms with van der Waals surface area (Å²) in [5.41, 5.74) is 1.18. The first-order valence-corrected chi connectivity index (χ1v) is 5.97. The summed E-state index contributed by atoms with van der Waals surface area (Å²) in [5, 5.41) is 11.0. The molecule has 5 heteroatoms. The Morgan fingerprint density at radius 3 is 2.72 bits per heavy atom. The van der Waals surface area contributed by atoms with E-state index in [1.165, 1.54) is 6.07 Å². The highest BCUT2D eigenvalue weighted by Crippen LogP contribution is 2.50. The third kappa shape index (κ3) is 1.84. The quantitative estimate of drug-likeness (QED) is 0.611. The van der Waals surface area contributed by atoms with Crippen LogP contribution in [0.2, 0.25) is 0 Å². The fourth-order valence-corrected chi connectivity index (χ4v) is 2.38. The van der Waals surface area contributed by atoms with Gasteiger partial charge in [-0.15, -0.1) is 0 Å². The van der Waals surface area contributed by atoms with Crippen molar-refractivity contribution in [3.8, 4) is 5.75 Å². The molecule has 5 nitrogen and oxygen atoms in total. The minimum absolute atomic E-state index is 0.00544. The molecular weight excluding hydrogens is 234 g/mol. The molecule has 0 aromatic heterocycles. The van der Waals surface area contributed by atoms with Crippen molar-refractivity contribution in [1.29, 1.82) is 0 Å². The Hall–Kier alpha value is -1.62. The fourth-order valence-electron chi connectivity index (χ4n) is 2.38. The third-order valence-electron chi connectivity index (χ3n) is 3.18. The fraction of sp³-hybridized carbons (Fsp3) is 0.538. The number of hydrogen-bond acceptors (Lipinski definition) is 4. The molecule has 0 bridgehead atoms. The molecule has 0 N–H and O–H groups in total. The van der Waals surface area contributed by atoms with Gasteiger partial charge in [0.1, 0.15) is 11.7 Å². The Labute approximate surface area is 106 Å². The third-order valence-corrected chi connectivity index (χ3v) is 3.18. The van der Waals surface area contributed by atoms with Crippen molar-refractivity contribution in [1.82, 2.24) is 0 Å². The molecule has 0 saturated carbocycles. The SMILES string of the molecule is CCO[C@@H]1c2c(C)ccc([N+](=O)[O-])c2OC1(C)C. The molecule has 0 unspecified atom stereocenters. The Morgan fingerprint density at radius 1 is 1.50 bits per heavy atom. The zero-order valence-corrected chi connectivity index (χ0v) is 11.0. The van der Waals surface area contributed by atoms with Gasteiger partial charge in [0.15, 0.2) is 0 Å². The van der Waals surface area contributed by atoms with Gasteiger partial charge < -0.3 is 9.47 Å². The number of nitrogens with zero attached hydrogens (tertiary/aromatic N) is 1. The first-order valence-electron chi connectivity index (χ1n) is 5.97. The lowest BCUT2D eigenvalue weighted by molar-refractivity contribution is -0.386. The zero-order chi connectivity index (χ0) is 13.5. The Kier molecular flexibility index (Phi) is 3.02. The molecule has 0 saturated heterocycles. The second-order valence-electron chi connectivity index (χ2n) is 4.94. The van der Waals surface area contributed by atoms with Crippen LogP contribution < -0.4 is 4.74 Å². The van der Waals surface area contributed by atoms with Gasteiger partial charge in [-0.1, -0.05) is 6.07 Å². The summed E-state index contributed by atoms with van der Waals surface area (Å²) < 4.78 is 11.5. The Balaban J connectivity index is 2.61. The van der Waals surface area contributed by atoms with Gasteiger partial charge in [0.05, 0.1) is 4.92 Å². The van der Waals surface area contributed by atoms with Crippen LogP contribution in [0.1, 0.15) is 38.0 Å². The van der Waals surface area contributed by atoms with Gasteiger partial charge in [0.25, 0.3) is 0 Å². The maximum Gasteiger partial charge on any atom is 0.311 e. The van der Waals surface area contributed by atoms with Crippen LogP contribution in [0.15, 0.2) is 12.1 Å². The molecule has 0 radical (unpaired) electrons. The van der Waals surface area contributed by atoms with E-state index in [0.29, 0.717) is 12.4 Å². The number of nitro benzene ring substituents is 1. The van der Waals surface area contributed by atoms with Gasteiger partial charge in [0, 0.05) is 18.2 Å². The summed E-state index contributed by atoms with van der Waals surface area (Å²) in [6.45, 7) is 8.13. The molecule has 1 aliphatic rings. The van der Waals surface area contributed by atoms with Gasteiger partial charge in [-0.3, -0.25) is 10.1 Å². The van der Waals surface area contributed by atoms with Crippen LogP contribution in [-0.4, -0.2) is 17.1 Å². The van der Waals surface area contributed by atoms with Crippen molar-refractivity contribution in [2.45, 2.75) is 39.4 Å². The average Bonchev–Trinajstić information content (AvgIpc) is 2.52. The molecule has 0 spiro atoms. The van der Waals surface area contributed by atoms with Gasteiger partial charge in [-0.25, -0.2) is 0 Å². The minimum Gasteiger partial charge on any atom is -0.477 e. The molecular formula is C13H17NO4. The van der Waals surface area contributed by atoms with Crippen LogP contribution in [0.4, 0.5) is 5.69 Å². The smallest absolute Gasteiger partial charge is 0.311 e. The molecule has 1 aromatic rings. The molecule has 18 heavy (non-hydrogen) atoms. The summed E-state index contributed by atoms with van der Waals surface area (Å²) >= 11 is 0. The lowest BCUT2D eigenvalue weighted by Gasteiger charge is -2.26. The topological polar surface area (TPSA) is 61.6 Å². The highest BCUT2D eigenvalue weighted by Gasteiger charge is 2.46. The van der Waals surface area contributed by atoms with Crippen LogP contribution in [0.5, 0.6) is 5.75 Å². The number of rotatable bonds is 3. The van der Waals surface area contributed by atoms with Crippen LogP contribution in [0.3, 0.4) is 0 Å².